The maximum Gasteiger partial charge on any atom is 0.225 e. The summed E-state index contributed by atoms with van der Waals surface area (Å²) in [7, 11) is 0. The number of carbonyl (C=O) groups is 1. The fraction of sp³-hybridized carbons (Fsp3) is 0.900. The zero-order valence-corrected chi connectivity index (χ0v) is 9.27. The van der Waals surface area contributed by atoms with Crippen molar-refractivity contribution < 1.29 is 14.6 Å². The zero-order chi connectivity index (χ0) is 11.4. The Balaban J connectivity index is 2.29. The third kappa shape index (κ3) is 3.44. The molecule has 1 saturated heterocycles. The second kappa shape index (κ2) is 5.44. The van der Waals surface area contributed by atoms with Gasteiger partial charge < -0.3 is 20.9 Å². The first kappa shape index (κ1) is 12.4. The minimum Gasteiger partial charge on any atom is -0.392 e. The summed E-state index contributed by atoms with van der Waals surface area (Å²) in [6.07, 6.45) is 0.132. The van der Waals surface area contributed by atoms with Gasteiger partial charge in [-0.15, -0.1) is 0 Å². The van der Waals surface area contributed by atoms with Crippen molar-refractivity contribution >= 4 is 5.91 Å². The largest absolute Gasteiger partial charge is 0.392 e. The first-order valence-electron chi connectivity index (χ1n) is 5.35. The Morgan fingerprint density at radius 3 is 2.87 bits per heavy atom. The number of ether oxygens (including phenoxy) is 1. The number of hydrogen-bond donors (Lipinski definition) is 3. The van der Waals surface area contributed by atoms with Gasteiger partial charge in [0.15, 0.2) is 0 Å². The lowest BCUT2D eigenvalue weighted by atomic mass is 10.0. The molecular weight excluding hydrogens is 196 g/mol. The molecule has 4 unspecified atom stereocenters. The Morgan fingerprint density at radius 1 is 1.73 bits per heavy atom. The van der Waals surface area contributed by atoms with Gasteiger partial charge in [-0.1, -0.05) is 0 Å². The number of aliphatic hydroxyl groups is 1. The summed E-state index contributed by atoms with van der Waals surface area (Å²) in [5.41, 5.74) is 5.60. The van der Waals surface area contributed by atoms with Crippen LogP contribution in [0.1, 0.15) is 20.3 Å². The minimum atomic E-state index is -0.609. The molecule has 1 aliphatic rings. The van der Waals surface area contributed by atoms with Gasteiger partial charge in [-0.25, -0.2) is 0 Å². The predicted molar refractivity (Wildman–Crippen MR) is 56.2 cm³/mol. The highest BCUT2D eigenvalue weighted by atomic mass is 16.5. The normalized spacial score (nSPS) is 29.9. The molecule has 1 heterocycles. The molecule has 15 heavy (non-hydrogen) atoms. The smallest absolute Gasteiger partial charge is 0.225 e. The van der Waals surface area contributed by atoms with Gasteiger partial charge in [-0.2, -0.15) is 0 Å². The van der Waals surface area contributed by atoms with E-state index in [9.17, 15) is 4.79 Å². The highest BCUT2D eigenvalue weighted by molar-refractivity contribution is 5.79. The number of carbonyl (C=O) groups excluding carboxylic acids is 1. The van der Waals surface area contributed by atoms with Crippen LogP contribution >= 0.6 is 0 Å². The Labute approximate surface area is 90.0 Å². The monoisotopic (exact) mass is 216 g/mol. The fourth-order valence-corrected chi connectivity index (χ4v) is 1.60. The molecule has 5 nitrogen and oxygen atoms in total. The van der Waals surface area contributed by atoms with Gasteiger partial charge in [0.05, 0.1) is 18.1 Å². The molecule has 0 spiro atoms. The SMILES string of the molecule is CC(O)C(N)CNC(=O)C1CCOC1C. The van der Waals surface area contributed by atoms with Crippen molar-refractivity contribution in [2.24, 2.45) is 11.7 Å². The van der Waals surface area contributed by atoms with Gasteiger partial charge in [0.25, 0.3) is 0 Å². The van der Waals surface area contributed by atoms with Crippen LogP contribution < -0.4 is 11.1 Å². The summed E-state index contributed by atoms with van der Waals surface area (Å²) in [6.45, 7) is 4.45. The molecule has 88 valence electrons. The lowest BCUT2D eigenvalue weighted by molar-refractivity contribution is -0.126. The van der Waals surface area contributed by atoms with Crippen molar-refractivity contribution in [3.8, 4) is 0 Å². The van der Waals surface area contributed by atoms with Gasteiger partial charge in [-0.05, 0) is 20.3 Å². The van der Waals surface area contributed by atoms with Crippen molar-refractivity contribution in [2.75, 3.05) is 13.2 Å². The van der Waals surface area contributed by atoms with Crippen LogP contribution in [0, 0.1) is 5.92 Å². The summed E-state index contributed by atoms with van der Waals surface area (Å²) in [6, 6.07) is -0.411. The zero-order valence-electron chi connectivity index (χ0n) is 9.27. The maximum absolute atomic E-state index is 11.7. The quantitative estimate of drug-likeness (QED) is 0.576. The van der Waals surface area contributed by atoms with Gasteiger partial charge in [0.2, 0.25) is 5.91 Å². The van der Waals surface area contributed by atoms with Crippen LogP contribution in [0.2, 0.25) is 0 Å². The van der Waals surface area contributed by atoms with Gasteiger partial charge in [0.1, 0.15) is 0 Å². The topological polar surface area (TPSA) is 84.6 Å². The van der Waals surface area contributed by atoms with E-state index < -0.39 is 12.1 Å². The first-order valence-corrected chi connectivity index (χ1v) is 5.35. The van der Waals surface area contributed by atoms with Crippen LogP contribution in [-0.4, -0.2) is 42.4 Å². The average molecular weight is 216 g/mol. The number of nitrogens with one attached hydrogen (secondary N) is 1. The van der Waals surface area contributed by atoms with Crippen LogP contribution in [0.5, 0.6) is 0 Å². The van der Waals surface area contributed by atoms with Crippen LogP contribution in [0.3, 0.4) is 0 Å². The van der Waals surface area contributed by atoms with E-state index in [-0.39, 0.29) is 17.9 Å². The van der Waals surface area contributed by atoms with Gasteiger partial charge in [-0.3, -0.25) is 4.79 Å². The summed E-state index contributed by atoms with van der Waals surface area (Å²) >= 11 is 0. The van der Waals surface area contributed by atoms with Crippen LogP contribution in [0.25, 0.3) is 0 Å². The molecule has 0 aliphatic carbocycles. The highest BCUT2D eigenvalue weighted by Gasteiger charge is 2.30. The van der Waals surface area contributed by atoms with E-state index in [1.54, 1.807) is 6.92 Å². The molecule has 0 aromatic carbocycles. The Kier molecular flexibility index (Phi) is 4.50. The molecule has 0 aromatic heterocycles. The third-order valence-electron chi connectivity index (χ3n) is 2.84. The van der Waals surface area contributed by atoms with Crippen molar-refractivity contribution in [3.63, 3.8) is 0 Å². The van der Waals surface area contributed by atoms with E-state index in [0.717, 1.165) is 6.42 Å². The molecule has 4 atom stereocenters. The Morgan fingerprint density at radius 2 is 2.40 bits per heavy atom. The predicted octanol–water partition coefficient (Wildman–Crippen LogP) is -0.764. The molecular formula is C10H20N2O3. The van der Waals surface area contributed by atoms with Gasteiger partial charge >= 0.3 is 0 Å². The number of hydrogen-bond acceptors (Lipinski definition) is 4. The molecule has 4 N–H and O–H groups in total. The molecule has 0 radical (unpaired) electrons. The summed E-state index contributed by atoms with van der Waals surface area (Å²) < 4.78 is 5.30. The molecule has 0 aromatic rings. The lowest BCUT2D eigenvalue weighted by Crippen LogP contribution is -2.46. The standard InChI is InChI=1S/C10H20N2O3/c1-6(13)9(11)5-12-10(14)8-3-4-15-7(8)2/h6-9,13H,3-5,11H2,1-2H3,(H,12,14). The number of nitrogens with two attached hydrogens (primary N) is 1. The first-order chi connectivity index (χ1) is 7.02. The number of aliphatic hydroxyl groups excluding tert-OH is 1. The third-order valence-corrected chi connectivity index (χ3v) is 2.84. The van der Waals surface area contributed by atoms with E-state index in [1.807, 2.05) is 6.92 Å². The molecule has 0 bridgehead atoms. The molecule has 1 fully saturated rings. The average Bonchev–Trinajstić information content (AvgIpc) is 2.60. The Hall–Kier alpha value is -0.650. The van der Waals surface area contributed by atoms with Crippen LogP contribution in [-0.2, 0) is 9.53 Å². The Bertz CT molecular complexity index is 221. The van der Waals surface area contributed by atoms with E-state index in [2.05, 4.69) is 5.32 Å². The van der Waals surface area contributed by atoms with Crippen LogP contribution in [0.15, 0.2) is 0 Å². The van der Waals surface area contributed by atoms with E-state index in [1.165, 1.54) is 0 Å². The summed E-state index contributed by atoms with van der Waals surface area (Å²) in [4.78, 5) is 11.7. The molecule has 1 amide bonds. The maximum atomic E-state index is 11.7. The van der Waals surface area contributed by atoms with Crippen molar-refractivity contribution in [2.45, 2.75) is 38.5 Å². The van der Waals surface area contributed by atoms with Crippen molar-refractivity contribution in [3.05, 3.63) is 0 Å². The second-order valence-electron chi connectivity index (χ2n) is 4.12. The van der Waals surface area contributed by atoms with Crippen LogP contribution in [0.4, 0.5) is 0 Å². The molecule has 1 aliphatic heterocycles. The molecule has 1 rings (SSSR count). The fourth-order valence-electron chi connectivity index (χ4n) is 1.60. The number of rotatable bonds is 4. The number of amides is 1. The van der Waals surface area contributed by atoms with Gasteiger partial charge in [0, 0.05) is 19.2 Å². The molecule has 5 heteroatoms. The van der Waals surface area contributed by atoms with E-state index in [0.29, 0.717) is 13.2 Å². The highest BCUT2D eigenvalue weighted by Crippen LogP contribution is 2.20. The minimum absolute atomic E-state index is 0.0206. The van der Waals surface area contributed by atoms with E-state index >= 15 is 0 Å². The second-order valence-corrected chi connectivity index (χ2v) is 4.12. The van der Waals surface area contributed by atoms with Crippen molar-refractivity contribution in [1.82, 2.24) is 5.32 Å². The summed E-state index contributed by atoms with van der Waals surface area (Å²) in [5, 5.41) is 11.9. The van der Waals surface area contributed by atoms with Crippen molar-refractivity contribution in [1.29, 1.82) is 0 Å². The van der Waals surface area contributed by atoms with E-state index in [4.69, 9.17) is 15.6 Å². The summed E-state index contributed by atoms with van der Waals surface area (Å²) in [5.74, 6) is -0.109. The molecule has 0 saturated carbocycles. The lowest BCUT2D eigenvalue weighted by Gasteiger charge is -2.18.